The van der Waals surface area contributed by atoms with Gasteiger partial charge in [0.1, 0.15) is 11.5 Å². The van der Waals surface area contributed by atoms with Crippen molar-refractivity contribution in [3.05, 3.63) is 59.7 Å². The smallest absolute Gasteiger partial charge is 0.227 e. The zero-order valence-corrected chi connectivity index (χ0v) is 14.6. The molecule has 1 fully saturated rings. The van der Waals surface area contributed by atoms with Crippen LogP contribution in [0.1, 0.15) is 24.0 Å². The van der Waals surface area contributed by atoms with Crippen LogP contribution in [-0.2, 0) is 11.2 Å². The maximum Gasteiger partial charge on any atom is 0.227 e. The largest absolute Gasteiger partial charge is 0.508 e. The van der Waals surface area contributed by atoms with Crippen molar-refractivity contribution in [3.8, 4) is 11.5 Å². The molecule has 2 aromatic carbocycles. The van der Waals surface area contributed by atoms with E-state index < -0.39 is 0 Å². The topological polar surface area (TPSA) is 49.8 Å². The number of carbonyl (C=O) groups is 1. The SMILES string of the molecule is Cc1ccccc1OC[C@@H]1CCCN(C(=O)Cc2cccc(O)c2)C1. The first kappa shape index (κ1) is 17.3. The molecule has 0 unspecified atom stereocenters. The highest BCUT2D eigenvalue weighted by atomic mass is 16.5. The van der Waals surface area contributed by atoms with Crippen LogP contribution in [0.4, 0.5) is 0 Å². The first-order valence-corrected chi connectivity index (χ1v) is 8.86. The maximum atomic E-state index is 12.6. The molecule has 2 aromatic rings. The monoisotopic (exact) mass is 339 g/mol. The van der Waals surface area contributed by atoms with E-state index in [1.165, 1.54) is 0 Å². The Bertz CT molecular complexity index is 729. The van der Waals surface area contributed by atoms with E-state index in [2.05, 4.69) is 0 Å². The van der Waals surface area contributed by atoms with Gasteiger partial charge in [0.2, 0.25) is 5.91 Å². The first-order valence-electron chi connectivity index (χ1n) is 8.86. The molecule has 1 heterocycles. The molecule has 0 saturated carbocycles. The molecule has 1 aliphatic heterocycles. The number of carbonyl (C=O) groups excluding carboxylic acids is 1. The van der Waals surface area contributed by atoms with Gasteiger partial charge in [-0.25, -0.2) is 0 Å². The standard InChI is InChI=1S/C21H25NO3/c1-16-6-2-3-10-20(16)25-15-18-8-5-11-22(14-18)21(24)13-17-7-4-9-19(23)12-17/h2-4,6-7,9-10,12,18,23H,5,8,11,13-15H2,1H3/t18-/m1/s1. The summed E-state index contributed by atoms with van der Waals surface area (Å²) in [4.78, 5) is 14.5. The third-order valence-corrected chi connectivity index (χ3v) is 4.71. The predicted molar refractivity (Wildman–Crippen MR) is 97.8 cm³/mol. The summed E-state index contributed by atoms with van der Waals surface area (Å²) >= 11 is 0. The molecule has 1 atom stereocenters. The van der Waals surface area contributed by atoms with Gasteiger partial charge >= 0.3 is 0 Å². The summed E-state index contributed by atoms with van der Waals surface area (Å²) in [5.41, 5.74) is 1.98. The molecule has 0 spiro atoms. The Hall–Kier alpha value is -2.49. The van der Waals surface area contributed by atoms with Crippen molar-refractivity contribution < 1.29 is 14.6 Å². The molecule has 132 valence electrons. The average molecular weight is 339 g/mol. The van der Waals surface area contributed by atoms with Gasteiger partial charge in [0.15, 0.2) is 0 Å². The Labute approximate surface area is 149 Å². The van der Waals surface area contributed by atoms with Gasteiger partial charge in [-0.1, -0.05) is 30.3 Å². The van der Waals surface area contributed by atoms with Gasteiger partial charge in [-0.05, 0) is 49.1 Å². The van der Waals surface area contributed by atoms with Crippen molar-refractivity contribution in [1.82, 2.24) is 4.90 Å². The number of ether oxygens (including phenoxy) is 1. The summed E-state index contributed by atoms with van der Waals surface area (Å²) in [5.74, 6) is 1.60. The van der Waals surface area contributed by atoms with Crippen LogP contribution < -0.4 is 4.74 Å². The Morgan fingerprint density at radius 2 is 2.08 bits per heavy atom. The van der Waals surface area contributed by atoms with Gasteiger partial charge in [-0.15, -0.1) is 0 Å². The molecule has 0 aromatic heterocycles. The van der Waals surface area contributed by atoms with Crippen molar-refractivity contribution >= 4 is 5.91 Å². The Morgan fingerprint density at radius 1 is 1.24 bits per heavy atom. The molecule has 4 heteroatoms. The molecule has 25 heavy (non-hydrogen) atoms. The van der Waals surface area contributed by atoms with Gasteiger partial charge in [0.25, 0.3) is 0 Å². The van der Waals surface area contributed by atoms with Crippen LogP contribution >= 0.6 is 0 Å². The summed E-state index contributed by atoms with van der Waals surface area (Å²) in [7, 11) is 0. The number of phenols is 1. The van der Waals surface area contributed by atoms with Crippen molar-refractivity contribution in [2.45, 2.75) is 26.2 Å². The van der Waals surface area contributed by atoms with Crippen LogP contribution in [0.25, 0.3) is 0 Å². The quantitative estimate of drug-likeness (QED) is 0.906. The molecule has 1 aliphatic rings. The summed E-state index contributed by atoms with van der Waals surface area (Å²) in [5, 5.41) is 9.54. The lowest BCUT2D eigenvalue weighted by Gasteiger charge is -2.33. The number of likely N-dealkylation sites (tertiary alicyclic amines) is 1. The fraction of sp³-hybridized carbons (Fsp3) is 0.381. The molecular formula is C21H25NO3. The Kier molecular flexibility index (Phi) is 5.59. The minimum absolute atomic E-state index is 0.117. The van der Waals surface area contributed by atoms with Crippen LogP contribution in [0.5, 0.6) is 11.5 Å². The number of amides is 1. The molecular weight excluding hydrogens is 314 g/mol. The fourth-order valence-corrected chi connectivity index (χ4v) is 3.31. The maximum absolute atomic E-state index is 12.6. The van der Waals surface area contributed by atoms with Crippen molar-refractivity contribution in [1.29, 1.82) is 0 Å². The van der Waals surface area contributed by atoms with Crippen LogP contribution in [0.15, 0.2) is 48.5 Å². The third-order valence-electron chi connectivity index (χ3n) is 4.71. The summed E-state index contributed by atoms with van der Waals surface area (Å²) < 4.78 is 5.97. The lowest BCUT2D eigenvalue weighted by molar-refractivity contribution is -0.132. The van der Waals surface area contributed by atoms with Crippen molar-refractivity contribution in [3.63, 3.8) is 0 Å². The van der Waals surface area contributed by atoms with Crippen LogP contribution in [0, 0.1) is 12.8 Å². The normalized spacial score (nSPS) is 17.3. The fourth-order valence-electron chi connectivity index (χ4n) is 3.31. The second kappa shape index (κ2) is 8.06. The highest BCUT2D eigenvalue weighted by molar-refractivity contribution is 5.79. The van der Waals surface area contributed by atoms with Crippen molar-refractivity contribution in [2.75, 3.05) is 19.7 Å². The van der Waals surface area contributed by atoms with E-state index in [1.807, 2.05) is 42.2 Å². The number of piperidine rings is 1. The van der Waals surface area contributed by atoms with E-state index in [0.29, 0.717) is 18.9 Å². The van der Waals surface area contributed by atoms with Crippen molar-refractivity contribution in [2.24, 2.45) is 5.92 Å². The zero-order chi connectivity index (χ0) is 17.6. The molecule has 4 nitrogen and oxygen atoms in total. The summed E-state index contributed by atoms with van der Waals surface area (Å²) in [6.07, 6.45) is 2.43. The third kappa shape index (κ3) is 4.75. The Morgan fingerprint density at radius 3 is 2.88 bits per heavy atom. The lowest BCUT2D eigenvalue weighted by atomic mass is 9.98. The number of hydrogen-bond donors (Lipinski definition) is 1. The summed E-state index contributed by atoms with van der Waals surface area (Å²) in [6, 6.07) is 14.9. The minimum Gasteiger partial charge on any atom is -0.508 e. The molecule has 0 aliphatic carbocycles. The number of aryl methyl sites for hydroxylation is 1. The highest BCUT2D eigenvalue weighted by Gasteiger charge is 2.24. The van der Waals surface area contributed by atoms with E-state index in [4.69, 9.17) is 4.74 Å². The number of aromatic hydroxyl groups is 1. The van der Waals surface area contributed by atoms with E-state index in [9.17, 15) is 9.90 Å². The number of rotatable bonds is 5. The molecule has 3 rings (SSSR count). The number of hydrogen-bond acceptors (Lipinski definition) is 3. The lowest BCUT2D eigenvalue weighted by Crippen LogP contribution is -2.42. The van der Waals surface area contributed by atoms with Gasteiger partial charge in [0, 0.05) is 19.0 Å². The second-order valence-electron chi connectivity index (χ2n) is 6.77. The first-order chi connectivity index (χ1) is 12.1. The van der Waals surface area contributed by atoms with E-state index in [-0.39, 0.29) is 11.7 Å². The van der Waals surface area contributed by atoms with Gasteiger partial charge in [0.05, 0.1) is 13.0 Å². The van der Waals surface area contributed by atoms with Gasteiger partial charge in [-0.3, -0.25) is 4.79 Å². The zero-order valence-electron chi connectivity index (χ0n) is 14.6. The average Bonchev–Trinajstić information content (AvgIpc) is 2.61. The van der Waals surface area contributed by atoms with E-state index in [1.54, 1.807) is 18.2 Å². The predicted octanol–water partition coefficient (Wildman–Crippen LogP) is 3.56. The number of nitrogens with zero attached hydrogens (tertiary/aromatic N) is 1. The van der Waals surface area contributed by atoms with Gasteiger partial charge < -0.3 is 14.7 Å². The molecule has 0 bridgehead atoms. The minimum atomic E-state index is 0.117. The van der Waals surface area contributed by atoms with Crippen LogP contribution in [0.2, 0.25) is 0 Å². The summed E-state index contributed by atoms with van der Waals surface area (Å²) in [6.45, 7) is 4.23. The molecule has 1 N–H and O–H groups in total. The van der Waals surface area contributed by atoms with E-state index >= 15 is 0 Å². The molecule has 1 saturated heterocycles. The Balaban J connectivity index is 1.53. The van der Waals surface area contributed by atoms with E-state index in [0.717, 1.165) is 42.8 Å². The molecule has 0 radical (unpaired) electrons. The van der Waals surface area contributed by atoms with Gasteiger partial charge in [-0.2, -0.15) is 0 Å². The number of para-hydroxylation sites is 1. The second-order valence-corrected chi connectivity index (χ2v) is 6.77. The van der Waals surface area contributed by atoms with Crippen LogP contribution in [0.3, 0.4) is 0 Å². The number of phenolic OH excluding ortho intramolecular Hbond substituents is 1. The number of benzene rings is 2. The molecule has 1 amide bonds. The van der Waals surface area contributed by atoms with Crippen LogP contribution in [-0.4, -0.2) is 35.6 Å². The highest BCUT2D eigenvalue weighted by Crippen LogP contribution is 2.22.